The Balaban J connectivity index is 1.55. The molecular formula is C21H23ClN4O. The van der Waals surface area contributed by atoms with Gasteiger partial charge in [-0.25, -0.2) is 0 Å². The van der Waals surface area contributed by atoms with Gasteiger partial charge in [0.05, 0.1) is 12.1 Å². The van der Waals surface area contributed by atoms with Crippen LogP contribution in [0.2, 0.25) is 5.02 Å². The smallest absolute Gasteiger partial charge is 0.241 e. The number of piperazine rings is 1. The van der Waals surface area contributed by atoms with Gasteiger partial charge in [0.25, 0.3) is 0 Å². The van der Waals surface area contributed by atoms with E-state index in [1.165, 1.54) is 0 Å². The Hall–Kier alpha value is -2.39. The van der Waals surface area contributed by atoms with Gasteiger partial charge in [0.1, 0.15) is 6.04 Å². The molecule has 5 nitrogen and oxygen atoms in total. The number of rotatable bonds is 5. The third-order valence-electron chi connectivity index (χ3n) is 4.99. The van der Waals surface area contributed by atoms with Gasteiger partial charge in [0.15, 0.2) is 0 Å². The van der Waals surface area contributed by atoms with Gasteiger partial charge in [0, 0.05) is 36.9 Å². The summed E-state index contributed by atoms with van der Waals surface area (Å²) in [5, 5.41) is 13.2. The highest BCUT2D eigenvalue weighted by molar-refractivity contribution is 6.30. The highest BCUT2D eigenvalue weighted by Crippen LogP contribution is 2.22. The average molecular weight is 383 g/mol. The van der Waals surface area contributed by atoms with E-state index < -0.39 is 0 Å². The van der Waals surface area contributed by atoms with E-state index in [4.69, 9.17) is 11.6 Å². The Kier molecular flexibility index (Phi) is 6.46. The van der Waals surface area contributed by atoms with Crippen LogP contribution in [-0.4, -0.2) is 47.9 Å². The lowest BCUT2D eigenvalue weighted by Gasteiger charge is -2.39. The normalized spacial score (nSPS) is 17.7. The minimum atomic E-state index is -0.244. The van der Waals surface area contributed by atoms with E-state index in [1.54, 1.807) is 24.3 Å². The quantitative estimate of drug-likeness (QED) is 0.859. The number of halogens is 1. The molecule has 140 valence electrons. The van der Waals surface area contributed by atoms with E-state index in [9.17, 15) is 10.1 Å². The van der Waals surface area contributed by atoms with E-state index >= 15 is 0 Å². The first-order valence-electron chi connectivity index (χ1n) is 9.07. The molecule has 1 fully saturated rings. The molecule has 6 heteroatoms. The number of hydrogen-bond donors (Lipinski definition) is 1. The van der Waals surface area contributed by atoms with Crippen LogP contribution < -0.4 is 5.32 Å². The summed E-state index contributed by atoms with van der Waals surface area (Å²) in [4.78, 5) is 16.9. The van der Waals surface area contributed by atoms with E-state index in [1.807, 2.05) is 37.3 Å². The molecule has 2 unspecified atom stereocenters. The van der Waals surface area contributed by atoms with E-state index in [0.29, 0.717) is 5.02 Å². The summed E-state index contributed by atoms with van der Waals surface area (Å²) in [6, 6.07) is 18.9. The van der Waals surface area contributed by atoms with Crippen LogP contribution in [-0.2, 0) is 4.79 Å². The molecule has 0 radical (unpaired) electrons. The molecule has 1 saturated heterocycles. The van der Waals surface area contributed by atoms with Crippen molar-refractivity contribution in [3.05, 3.63) is 65.2 Å². The monoisotopic (exact) mass is 382 g/mol. The SMILES string of the molecule is CC(C(=O)Nc1ccc(Cl)cc1)N1CCN(C(C#N)c2ccccc2)CC1. The summed E-state index contributed by atoms with van der Waals surface area (Å²) in [5.41, 5.74) is 1.76. The van der Waals surface area contributed by atoms with Crippen molar-refractivity contribution in [2.75, 3.05) is 31.5 Å². The highest BCUT2D eigenvalue weighted by atomic mass is 35.5. The van der Waals surface area contributed by atoms with Gasteiger partial charge in [-0.15, -0.1) is 0 Å². The Morgan fingerprint density at radius 1 is 1.04 bits per heavy atom. The van der Waals surface area contributed by atoms with Crippen molar-refractivity contribution < 1.29 is 4.79 Å². The summed E-state index contributed by atoms with van der Waals surface area (Å²) in [7, 11) is 0. The number of nitrogens with one attached hydrogen (secondary N) is 1. The topological polar surface area (TPSA) is 59.4 Å². The van der Waals surface area contributed by atoms with Gasteiger partial charge >= 0.3 is 0 Å². The van der Waals surface area contributed by atoms with Crippen LogP contribution in [0.4, 0.5) is 5.69 Å². The van der Waals surface area contributed by atoms with Crippen molar-refractivity contribution >= 4 is 23.2 Å². The number of nitrogens with zero attached hydrogens (tertiary/aromatic N) is 3. The first kappa shape index (κ1) is 19.4. The summed E-state index contributed by atoms with van der Waals surface area (Å²) >= 11 is 5.88. The van der Waals surface area contributed by atoms with Crippen LogP contribution >= 0.6 is 11.6 Å². The molecule has 27 heavy (non-hydrogen) atoms. The fourth-order valence-corrected chi connectivity index (χ4v) is 3.46. The first-order valence-corrected chi connectivity index (χ1v) is 9.45. The zero-order valence-electron chi connectivity index (χ0n) is 15.3. The van der Waals surface area contributed by atoms with Crippen molar-refractivity contribution in [3.63, 3.8) is 0 Å². The van der Waals surface area contributed by atoms with Crippen molar-refractivity contribution in [3.8, 4) is 6.07 Å². The lowest BCUT2D eigenvalue weighted by molar-refractivity contribution is -0.121. The molecule has 1 aliphatic rings. The zero-order chi connectivity index (χ0) is 19.2. The standard InChI is InChI=1S/C21H23ClN4O/c1-16(21(27)24-19-9-7-18(22)8-10-19)25-11-13-26(14-12-25)20(15-23)17-5-3-2-4-6-17/h2-10,16,20H,11-14H2,1H3,(H,24,27). The Morgan fingerprint density at radius 2 is 1.63 bits per heavy atom. The second-order valence-electron chi connectivity index (χ2n) is 6.69. The molecule has 1 aliphatic heterocycles. The zero-order valence-corrected chi connectivity index (χ0v) is 16.1. The third kappa shape index (κ3) is 4.86. The fraction of sp³-hybridized carbons (Fsp3) is 0.333. The Labute approximate surface area is 165 Å². The predicted octanol–water partition coefficient (Wildman–Crippen LogP) is 3.55. The summed E-state index contributed by atoms with van der Waals surface area (Å²) in [6.07, 6.45) is 0. The number of hydrogen-bond acceptors (Lipinski definition) is 4. The van der Waals surface area contributed by atoms with Crippen LogP contribution in [0.5, 0.6) is 0 Å². The van der Waals surface area contributed by atoms with Gasteiger partial charge in [-0.1, -0.05) is 41.9 Å². The number of anilines is 1. The maximum Gasteiger partial charge on any atom is 0.241 e. The summed E-state index contributed by atoms with van der Waals surface area (Å²) in [6.45, 7) is 4.93. The molecule has 0 bridgehead atoms. The van der Waals surface area contributed by atoms with Crippen molar-refractivity contribution in [2.24, 2.45) is 0 Å². The largest absolute Gasteiger partial charge is 0.325 e. The first-order chi connectivity index (χ1) is 13.1. The number of benzene rings is 2. The molecule has 0 saturated carbocycles. The number of carbonyl (C=O) groups excluding carboxylic acids is 1. The van der Waals surface area contributed by atoms with Gasteiger partial charge in [-0.2, -0.15) is 5.26 Å². The Bertz CT molecular complexity index is 795. The summed E-state index contributed by atoms with van der Waals surface area (Å²) in [5.74, 6) is -0.0364. The van der Waals surface area contributed by atoms with Crippen LogP contribution in [0.3, 0.4) is 0 Å². The maximum absolute atomic E-state index is 12.5. The third-order valence-corrected chi connectivity index (χ3v) is 5.24. The van der Waals surface area contributed by atoms with Crippen molar-refractivity contribution in [1.29, 1.82) is 5.26 Å². The molecule has 2 aromatic rings. The van der Waals surface area contributed by atoms with Gasteiger partial charge in [-0.3, -0.25) is 14.6 Å². The summed E-state index contributed by atoms with van der Waals surface area (Å²) < 4.78 is 0. The molecule has 0 aliphatic carbocycles. The number of nitriles is 1. The highest BCUT2D eigenvalue weighted by Gasteiger charge is 2.29. The van der Waals surface area contributed by atoms with Gasteiger partial charge in [0.2, 0.25) is 5.91 Å². The van der Waals surface area contributed by atoms with Crippen LogP contribution in [0.1, 0.15) is 18.5 Å². The molecule has 3 rings (SSSR count). The lowest BCUT2D eigenvalue weighted by Crippen LogP contribution is -2.53. The van der Waals surface area contributed by atoms with Gasteiger partial charge in [-0.05, 0) is 36.8 Å². The van der Waals surface area contributed by atoms with Gasteiger partial charge < -0.3 is 5.32 Å². The molecule has 0 aromatic heterocycles. The van der Waals surface area contributed by atoms with E-state index in [-0.39, 0.29) is 18.0 Å². The molecule has 1 N–H and O–H groups in total. The van der Waals surface area contributed by atoms with Crippen molar-refractivity contribution in [2.45, 2.75) is 19.0 Å². The molecule has 0 spiro atoms. The van der Waals surface area contributed by atoms with Crippen LogP contribution in [0.25, 0.3) is 0 Å². The molecule has 2 aromatic carbocycles. The van der Waals surface area contributed by atoms with Crippen LogP contribution in [0, 0.1) is 11.3 Å². The average Bonchev–Trinajstić information content (AvgIpc) is 2.71. The molecule has 2 atom stereocenters. The van der Waals surface area contributed by atoms with Crippen molar-refractivity contribution in [1.82, 2.24) is 9.80 Å². The number of carbonyl (C=O) groups is 1. The Morgan fingerprint density at radius 3 is 2.22 bits per heavy atom. The molecule has 1 amide bonds. The minimum Gasteiger partial charge on any atom is -0.325 e. The number of amides is 1. The molecule has 1 heterocycles. The van der Waals surface area contributed by atoms with E-state index in [0.717, 1.165) is 37.4 Å². The van der Waals surface area contributed by atoms with E-state index in [2.05, 4.69) is 21.2 Å². The minimum absolute atomic E-state index is 0.0364. The second-order valence-corrected chi connectivity index (χ2v) is 7.12. The molecular weight excluding hydrogens is 360 g/mol. The maximum atomic E-state index is 12.5. The van der Waals surface area contributed by atoms with Crippen LogP contribution in [0.15, 0.2) is 54.6 Å². The predicted molar refractivity (Wildman–Crippen MR) is 107 cm³/mol. The fourth-order valence-electron chi connectivity index (χ4n) is 3.33. The lowest BCUT2D eigenvalue weighted by atomic mass is 10.1. The second kappa shape index (κ2) is 9.01.